The maximum atomic E-state index is 13.5. The third-order valence-corrected chi connectivity index (χ3v) is 5.29. The Kier molecular flexibility index (Phi) is 6.34. The van der Waals surface area contributed by atoms with Crippen LogP contribution >= 0.6 is 0 Å². The van der Waals surface area contributed by atoms with Gasteiger partial charge in [-0.25, -0.2) is 0 Å². The summed E-state index contributed by atoms with van der Waals surface area (Å²) in [7, 11) is 0. The van der Waals surface area contributed by atoms with Crippen molar-refractivity contribution in [2.24, 2.45) is 5.73 Å². The Bertz CT molecular complexity index is 1170. The lowest BCUT2D eigenvalue weighted by Crippen LogP contribution is -2.35. The molecule has 4 rings (SSSR count). The smallest absolute Gasteiger partial charge is 0.257 e. The van der Waals surface area contributed by atoms with Crippen LogP contribution in [0, 0.1) is 6.92 Å². The third-order valence-electron chi connectivity index (χ3n) is 5.29. The lowest BCUT2D eigenvalue weighted by Gasteiger charge is -2.23. The van der Waals surface area contributed by atoms with Gasteiger partial charge in [0.15, 0.2) is 0 Å². The number of para-hydroxylation sites is 2. The van der Waals surface area contributed by atoms with Gasteiger partial charge in [0, 0.05) is 24.0 Å². The first-order valence-electron chi connectivity index (χ1n) is 10.4. The van der Waals surface area contributed by atoms with Crippen molar-refractivity contribution >= 4 is 16.9 Å². The van der Waals surface area contributed by atoms with Crippen LogP contribution in [-0.2, 0) is 13.2 Å². The van der Waals surface area contributed by atoms with E-state index in [4.69, 9.17) is 14.9 Å². The highest BCUT2D eigenvalue weighted by atomic mass is 16.5. The number of hydrogen-bond acceptors (Lipinski definition) is 4. The van der Waals surface area contributed by atoms with Crippen molar-refractivity contribution in [1.29, 1.82) is 0 Å². The molecule has 158 valence electrons. The molecule has 31 heavy (non-hydrogen) atoms. The second kappa shape index (κ2) is 9.49. The van der Waals surface area contributed by atoms with Crippen molar-refractivity contribution in [2.45, 2.75) is 20.1 Å². The van der Waals surface area contributed by atoms with Crippen LogP contribution in [0.15, 0.2) is 83.3 Å². The highest BCUT2D eigenvalue weighted by Gasteiger charge is 2.22. The van der Waals surface area contributed by atoms with Gasteiger partial charge in [-0.1, -0.05) is 60.7 Å². The van der Waals surface area contributed by atoms with E-state index in [2.05, 4.69) is 0 Å². The number of amides is 1. The Morgan fingerprint density at radius 3 is 2.48 bits per heavy atom. The van der Waals surface area contributed by atoms with Crippen molar-refractivity contribution in [2.75, 3.05) is 13.1 Å². The molecule has 0 fully saturated rings. The van der Waals surface area contributed by atoms with Crippen molar-refractivity contribution in [3.8, 4) is 5.75 Å². The first-order valence-corrected chi connectivity index (χ1v) is 10.4. The fourth-order valence-electron chi connectivity index (χ4n) is 3.69. The van der Waals surface area contributed by atoms with Crippen LogP contribution in [0.4, 0.5) is 0 Å². The predicted octanol–water partition coefficient (Wildman–Crippen LogP) is 4.92. The predicted molar refractivity (Wildman–Crippen MR) is 122 cm³/mol. The van der Waals surface area contributed by atoms with Crippen LogP contribution in [0.1, 0.15) is 27.2 Å². The van der Waals surface area contributed by atoms with E-state index in [-0.39, 0.29) is 5.91 Å². The molecular weight excluding hydrogens is 388 g/mol. The number of aryl methyl sites for hydroxylation is 1. The molecule has 0 radical (unpaired) electrons. The minimum absolute atomic E-state index is 0.112. The second-order valence-corrected chi connectivity index (χ2v) is 7.42. The Hall–Kier alpha value is -3.57. The minimum Gasteiger partial charge on any atom is -0.488 e. The molecule has 5 nitrogen and oxygen atoms in total. The number of rotatable bonds is 8. The number of ether oxygens (including phenoxy) is 1. The Morgan fingerprint density at radius 2 is 1.68 bits per heavy atom. The molecule has 1 amide bonds. The summed E-state index contributed by atoms with van der Waals surface area (Å²) in [5, 5.41) is 1.02. The van der Waals surface area contributed by atoms with E-state index in [1.807, 2.05) is 79.7 Å². The molecule has 0 aliphatic heterocycles. The zero-order valence-electron chi connectivity index (χ0n) is 17.6. The Balaban J connectivity index is 1.59. The van der Waals surface area contributed by atoms with Gasteiger partial charge in [-0.05, 0) is 30.7 Å². The van der Waals surface area contributed by atoms with E-state index < -0.39 is 0 Å². The second-order valence-electron chi connectivity index (χ2n) is 7.42. The highest BCUT2D eigenvalue weighted by molar-refractivity contribution is 5.97. The molecule has 0 aliphatic carbocycles. The maximum absolute atomic E-state index is 13.5. The number of carbonyl (C=O) groups excluding carboxylic acids is 1. The zero-order valence-corrected chi connectivity index (χ0v) is 17.6. The molecule has 0 atom stereocenters. The number of furan rings is 1. The van der Waals surface area contributed by atoms with Crippen LogP contribution in [0.3, 0.4) is 0 Å². The van der Waals surface area contributed by atoms with E-state index in [1.54, 1.807) is 11.0 Å². The summed E-state index contributed by atoms with van der Waals surface area (Å²) in [6.45, 7) is 3.55. The van der Waals surface area contributed by atoms with Crippen molar-refractivity contribution < 1.29 is 13.9 Å². The van der Waals surface area contributed by atoms with Crippen LogP contribution < -0.4 is 10.5 Å². The van der Waals surface area contributed by atoms with Gasteiger partial charge in [0.1, 0.15) is 23.7 Å². The Morgan fingerprint density at radius 1 is 0.968 bits per heavy atom. The lowest BCUT2D eigenvalue weighted by molar-refractivity contribution is 0.0743. The summed E-state index contributed by atoms with van der Waals surface area (Å²) in [5.74, 6) is 1.26. The van der Waals surface area contributed by atoms with Crippen molar-refractivity contribution in [3.63, 3.8) is 0 Å². The van der Waals surface area contributed by atoms with Gasteiger partial charge in [-0.15, -0.1) is 0 Å². The summed E-state index contributed by atoms with van der Waals surface area (Å²) < 4.78 is 11.9. The summed E-state index contributed by atoms with van der Waals surface area (Å²) >= 11 is 0. The molecule has 0 aliphatic rings. The number of benzene rings is 3. The summed E-state index contributed by atoms with van der Waals surface area (Å²) in [4.78, 5) is 15.3. The molecule has 2 N–H and O–H groups in total. The summed E-state index contributed by atoms with van der Waals surface area (Å²) in [5.41, 5.74) is 9.24. The fourth-order valence-corrected chi connectivity index (χ4v) is 3.69. The molecular formula is C26H26N2O3. The normalized spacial score (nSPS) is 10.9. The first kappa shape index (κ1) is 20.7. The average molecular weight is 415 g/mol. The van der Waals surface area contributed by atoms with E-state index >= 15 is 0 Å². The number of hydrogen-bond donors (Lipinski definition) is 1. The van der Waals surface area contributed by atoms with E-state index in [0.717, 1.165) is 27.9 Å². The van der Waals surface area contributed by atoms with Gasteiger partial charge >= 0.3 is 0 Å². The molecule has 0 bridgehead atoms. The van der Waals surface area contributed by atoms with Crippen LogP contribution in [-0.4, -0.2) is 23.9 Å². The quantitative estimate of drug-likeness (QED) is 0.444. The lowest BCUT2D eigenvalue weighted by atomic mass is 10.1. The van der Waals surface area contributed by atoms with E-state index in [0.29, 0.717) is 37.6 Å². The summed E-state index contributed by atoms with van der Waals surface area (Å²) in [6.07, 6.45) is 0. The molecule has 0 saturated carbocycles. The number of nitrogens with zero attached hydrogens (tertiary/aromatic N) is 1. The molecule has 1 aromatic heterocycles. The number of fused-ring (bicyclic) bond motifs is 1. The van der Waals surface area contributed by atoms with Gasteiger partial charge in [0.2, 0.25) is 0 Å². The fraction of sp³-hybridized carbons (Fsp3) is 0.192. The molecule has 3 aromatic carbocycles. The molecule has 1 heterocycles. The monoisotopic (exact) mass is 414 g/mol. The van der Waals surface area contributed by atoms with Gasteiger partial charge in [-0.3, -0.25) is 4.79 Å². The van der Waals surface area contributed by atoms with Crippen molar-refractivity contribution in [1.82, 2.24) is 4.90 Å². The third kappa shape index (κ3) is 4.62. The van der Waals surface area contributed by atoms with Gasteiger partial charge in [0.25, 0.3) is 5.91 Å². The standard InChI is InChI=1S/C26H26N2O3/c1-19-23(21-11-5-8-14-25(21)31-19)17-28(16-15-27)26(29)22-12-6-7-13-24(22)30-18-20-9-3-2-4-10-20/h2-14H,15-18,27H2,1H3. The van der Waals surface area contributed by atoms with Gasteiger partial charge < -0.3 is 19.8 Å². The maximum Gasteiger partial charge on any atom is 0.257 e. The molecule has 0 unspecified atom stereocenters. The van der Waals surface area contributed by atoms with Crippen LogP contribution in [0.5, 0.6) is 5.75 Å². The van der Waals surface area contributed by atoms with Gasteiger partial charge in [0.05, 0.1) is 12.1 Å². The SMILES string of the molecule is Cc1oc2ccccc2c1CN(CCN)C(=O)c1ccccc1OCc1ccccc1. The highest BCUT2D eigenvalue weighted by Crippen LogP contribution is 2.28. The molecule has 0 spiro atoms. The average Bonchev–Trinajstić information content (AvgIpc) is 3.12. The van der Waals surface area contributed by atoms with Crippen LogP contribution in [0.25, 0.3) is 11.0 Å². The molecule has 0 saturated heterocycles. The largest absolute Gasteiger partial charge is 0.488 e. The van der Waals surface area contributed by atoms with Crippen LogP contribution in [0.2, 0.25) is 0 Å². The summed E-state index contributed by atoms with van der Waals surface area (Å²) in [6, 6.07) is 25.1. The van der Waals surface area contributed by atoms with E-state index in [9.17, 15) is 4.79 Å². The number of nitrogens with two attached hydrogens (primary N) is 1. The zero-order chi connectivity index (χ0) is 21.6. The first-order chi connectivity index (χ1) is 15.2. The Labute approximate surface area is 182 Å². The minimum atomic E-state index is -0.112. The van der Waals surface area contributed by atoms with Crippen molar-refractivity contribution in [3.05, 3.63) is 101 Å². The number of carbonyl (C=O) groups is 1. The topological polar surface area (TPSA) is 68.7 Å². The van der Waals surface area contributed by atoms with E-state index in [1.165, 1.54) is 0 Å². The molecule has 5 heteroatoms. The van der Waals surface area contributed by atoms with Gasteiger partial charge in [-0.2, -0.15) is 0 Å². The molecule has 4 aromatic rings.